The van der Waals surface area contributed by atoms with E-state index in [-0.39, 0.29) is 0 Å². The van der Waals surface area contributed by atoms with Gasteiger partial charge in [0.25, 0.3) is 0 Å². The zero-order valence-corrected chi connectivity index (χ0v) is 9.24. The summed E-state index contributed by atoms with van der Waals surface area (Å²) >= 11 is 0. The smallest absolute Gasteiger partial charge is 0.137 e. The Morgan fingerprint density at radius 1 is 1.67 bits per heavy atom. The molecule has 0 radical (unpaired) electrons. The Balaban J connectivity index is 1.55. The second kappa shape index (κ2) is 5.23. The number of rotatable bonds is 5. The van der Waals surface area contributed by atoms with Gasteiger partial charge in [-0.25, -0.2) is 4.98 Å². The second-order valence-corrected chi connectivity index (χ2v) is 4.24. The van der Waals surface area contributed by atoms with Crippen LogP contribution in [0.5, 0.6) is 0 Å². The maximum absolute atomic E-state index is 4.09. The minimum Gasteiger partial charge on any atom is -0.313 e. The highest BCUT2D eigenvalue weighted by molar-refractivity contribution is 4.82. The summed E-state index contributed by atoms with van der Waals surface area (Å²) in [5.41, 5.74) is 0. The molecule has 0 amide bonds. The maximum atomic E-state index is 4.09. The third-order valence-corrected chi connectivity index (χ3v) is 2.88. The van der Waals surface area contributed by atoms with Crippen LogP contribution in [0.1, 0.15) is 18.7 Å². The van der Waals surface area contributed by atoms with E-state index in [0.29, 0.717) is 6.04 Å². The fraction of sp³-hybridized carbons (Fsp3) is 0.800. The summed E-state index contributed by atoms with van der Waals surface area (Å²) < 4.78 is 0. The van der Waals surface area contributed by atoms with Crippen LogP contribution in [0.2, 0.25) is 0 Å². The first kappa shape index (κ1) is 10.6. The molecule has 1 aliphatic heterocycles. The molecular weight excluding hydrogens is 190 g/mol. The number of nitrogens with zero attached hydrogens (tertiary/aromatic N) is 3. The molecule has 84 valence electrons. The van der Waals surface area contributed by atoms with Crippen molar-refractivity contribution in [3.8, 4) is 0 Å². The summed E-state index contributed by atoms with van der Waals surface area (Å²) in [5.74, 6) is 0.986. The topological polar surface area (TPSA) is 56.8 Å². The quantitative estimate of drug-likeness (QED) is 0.672. The molecule has 0 saturated carbocycles. The molecule has 0 spiro atoms. The van der Waals surface area contributed by atoms with Crippen molar-refractivity contribution in [2.75, 3.05) is 26.7 Å². The fourth-order valence-corrected chi connectivity index (χ4v) is 2.01. The van der Waals surface area contributed by atoms with Crippen LogP contribution in [0.25, 0.3) is 0 Å². The zero-order chi connectivity index (χ0) is 10.5. The Hall–Kier alpha value is -0.940. The number of hydrogen-bond donors (Lipinski definition) is 2. The number of likely N-dealkylation sites (N-methyl/N-ethyl adjacent to an activating group) is 1. The molecule has 1 unspecified atom stereocenters. The van der Waals surface area contributed by atoms with Crippen LogP contribution < -0.4 is 5.32 Å². The van der Waals surface area contributed by atoms with Gasteiger partial charge < -0.3 is 10.2 Å². The van der Waals surface area contributed by atoms with E-state index < -0.39 is 0 Å². The highest BCUT2D eigenvalue weighted by Gasteiger charge is 2.17. The number of hydrogen-bond acceptors (Lipinski definition) is 4. The van der Waals surface area contributed by atoms with Gasteiger partial charge in [-0.3, -0.25) is 5.10 Å². The Morgan fingerprint density at radius 3 is 3.27 bits per heavy atom. The van der Waals surface area contributed by atoms with Crippen molar-refractivity contribution in [1.82, 2.24) is 25.4 Å². The van der Waals surface area contributed by atoms with Gasteiger partial charge in [0.2, 0.25) is 0 Å². The van der Waals surface area contributed by atoms with Gasteiger partial charge in [-0.2, -0.15) is 5.10 Å². The predicted octanol–water partition coefficient (Wildman–Crippen LogP) is 0.0310. The van der Waals surface area contributed by atoms with Gasteiger partial charge in [0.1, 0.15) is 12.2 Å². The number of aryl methyl sites for hydroxylation is 1. The van der Waals surface area contributed by atoms with Crippen LogP contribution in [0.15, 0.2) is 6.33 Å². The third-order valence-electron chi connectivity index (χ3n) is 2.88. The molecule has 1 atom stereocenters. The normalized spacial score (nSPS) is 22.3. The van der Waals surface area contributed by atoms with Crippen molar-refractivity contribution < 1.29 is 0 Å². The average molecular weight is 209 g/mol. The first-order valence-corrected chi connectivity index (χ1v) is 5.61. The minimum absolute atomic E-state index is 0.685. The lowest BCUT2D eigenvalue weighted by Gasteiger charge is -2.11. The molecule has 15 heavy (non-hydrogen) atoms. The molecule has 1 saturated heterocycles. The summed E-state index contributed by atoms with van der Waals surface area (Å²) in [7, 11) is 2.18. The zero-order valence-electron chi connectivity index (χ0n) is 9.24. The Morgan fingerprint density at radius 2 is 2.60 bits per heavy atom. The molecule has 5 heteroatoms. The second-order valence-electron chi connectivity index (χ2n) is 4.24. The number of nitrogens with one attached hydrogen (secondary N) is 2. The fourth-order valence-electron chi connectivity index (χ4n) is 2.01. The van der Waals surface area contributed by atoms with Crippen molar-refractivity contribution >= 4 is 0 Å². The van der Waals surface area contributed by atoms with Gasteiger partial charge in [-0.1, -0.05) is 0 Å². The summed E-state index contributed by atoms with van der Waals surface area (Å²) in [6.07, 6.45) is 4.94. The van der Waals surface area contributed by atoms with E-state index in [1.54, 1.807) is 6.33 Å². The summed E-state index contributed by atoms with van der Waals surface area (Å²) in [6.45, 7) is 3.47. The summed E-state index contributed by atoms with van der Waals surface area (Å²) in [4.78, 5) is 6.46. The van der Waals surface area contributed by atoms with Crippen molar-refractivity contribution in [3.05, 3.63) is 12.2 Å². The molecule has 1 fully saturated rings. The van der Waals surface area contributed by atoms with Crippen LogP contribution in [0, 0.1) is 0 Å². The number of aromatic nitrogens is 3. The van der Waals surface area contributed by atoms with Crippen molar-refractivity contribution in [2.24, 2.45) is 0 Å². The molecule has 5 nitrogen and oxygen atoms in total. The van der Waals surface area contributed by atoms with Crippen LogP contribution in [-0.2, 0) is 6.42 Å². The van der Waals surface area contributed by atoms with E-state index in [4.69, 9.17) is 0 Å². The van der Waals surface area contributed by atoms with E-state index in [1.165, 1.54) is 19.5 Å². The van der Waals surface area contributed by atoms with E-state index in [0.717, 1.165) is 25.2 Å². The predicted molar refractivity (Wildman–Crippen MR) is 58.6 cm³/mol. The number of H-pyrrole nitrogens is 1. The molecular formula is C10H19N5. The van der Waals surface area contributed by atoms with Gasteiger partial charge in [-0.05, 0) is 33.0 Å². The monoisotopic (exact) mass is 209 g/mol. The van der Waals surface area contributed by atoms with Crippen molar-refractivity contribution in [1.29, 1.82) is 0 Å². The first-order chi connectivity index (χ1) is 7.34. The Labute approximate surface area is 90.3 Å². The minimum atomic E-state index is 0.685. The molecule has 1 aromatic rings. The van der Waals surface area contributed by atoms with Crippen LogP contribution >= 0.6 is 0 Å². The lowest BCUT2D eigenvalue weighted by Crippen LogP contribution is -2.32. The lowest BCUT2D eigenvalue weighted by atomic mass is 10.2. The van der Waals surface area contributed by atoms with Crippen molar-refractivity contribution in [3.63, 3.8) is 0 Å². The molecule has 0 aromatic carbocycles. The van der Waals surface area contributed by atoms with Crippen LogP contribution in [0.4, 0.5) is 0 Å². The standard InChI is InChI=1S/C10H19N5/c1-15-6-4-9(7-15)11-5-2-3-10-12-8-13-14-10/h8-9,11H,2-7H2,1H3,(H,12,13,14). The SMILES string of the molecule is CN1CCC(NCCCc2ncn[nH]2)C1. The largest absolute Gasteiger partial charge is 0.313 e. The molecule has 0 bridgehead atoms. The van der Waals surface area contributed by atoms with Crippen LogP contribution in [-0.4, -0.2) is 52.8 Å². The van der Waals surface area contributed by atoms with Gasteiger partial charge >= 0.3 is 0 Å². The van der Waals surface area contributed by atoms with Gasteiger partial charge in [0.05, 0.1) is 0 Å². The van der Waals surface area contributed by atoms with E-state index in [2.05, 4.69) is 32.4 Å². The summed E-state index contributed by atoms with van der Waals surface area (Å²) in [6, 6.07) is 0.685. The molecule has 1 aliphatic rings. The number of likely N-dealkylation sites (tertiary alicyclic amines) is 1. The van der Waals surface area contributed by atoms with Crippen molar-refractivity contribution in [2.45, 2.75) is 25.3 Å². The maximum Gasteiger partial charge on any atom is 0.137 e. The average Bonchev–Trinajstić information content (AvgIpc) is 2.84. The third kappa shape index (κ3) is 3.28. The Bertz CT molecular complexity index is 271. The van der Waals surface area contributed by atoms with Crippen LogP contribution in [0.3, 0.4) is 0 Å². The molecule has 2 heterocycles. The first-order valence-electron chi connectivity index (χ1n) is 5.61. The molecule has 1 aromatic heterocycles. The molecule has 2 rings (SSSR count). The highest BCUT2D eigenvalue weighted by atomic mass is 15.2. The molecule has 0 aliphatic carbocycles. The Kier molecular flexibility index (Phi) is 3.69. The van der Waals surface area contributed by atoms with Gasteiger partial charge in [0.15, 0.2) is 0 Å². The van der Waals surface area contributed by atoms with Gasteiger partial charge in [-0.15, -0.1) is 0 Å². The number of aromatic amines is 1. The molecule has 2 N–H and O–H groups in total. The summed E-state index contributed by atoms with van der Waals surface area (Å²) in [5, 5.41) is 10.3. The van der Waals surface area contributed by atoms with E-state index >= 15 is 0 Å². The van der Waals surface area contributed by atoms with E-state index in [1.807, 2.05) is 0 Å². The van der Waals surface area contributed by atoms with E-state index in [9.17, 15) is 0 Å². The lowest BCUT2D eigenvalue weighted by molar-refractivity contribution is 0.397. The van der Waals surface area contributed by atoms with Gasteiger partial charge in [0, 0.05) is 19.0 Å². The highest BCUT2D eigenvalue weighted by Crippen LogP contribution is 2.05.